The van der Waals surface area contributed by atoms with Crippen LogP contribution < -0.4 is 4.90 Å². The van der Waals surface area contributed by atoms with E-state index in [2.05, 4.69) is 18.7 Å². The lowest BCUT2D eigenvalue weighted by atomic mass is 10.2. The number of para-hydroxylation sites is 1. The van der Waals surface area contributed by atoms with Gasteiger partial charge in [0.1, 0.15) is 11.3 Å². The summed E-state index contributed by atoms with van der Waals surface area (Å²) in [6.45, 7) is 8.23. The molecule has 0 spiro atoms. The highest BCUT2D eigenvalue weighted by Gasteiger charge is 2.20. The number of aromatic nitrogens is 2. The van der Waals surface area contributed by atoms with E-state index in [1.807, 2.05) is 69.4 Å². The molecule has 0 aliphatic rings. The first-order chi connectivity index (χ1) is 14.3. The monoisotopic (exact) mass is 419 g/mol. The minimum atomic E-state index is 0.0498. The van der Waals surface area contributed by atoms with Gasteiger partial charge in [0.2, 0.25) is 5.12 Å². The van der Waals surface area contributed by atoms with Gasteiger partial charge in [0, 0.05) is 29.3 Å². The van der Waals surface area contributed by atoms with Crippen LogP contribution in [0.3, 0.4) is 0 Å². The molecule has 0 unspecified atom stereocenters. The fourth-order valence-electron chi connectivity index (χ4n) is 3.21. The summed E-state index contributed by atoms with van der Waals surface area (Å²) in [6.07, 6.45) is 0. The van der Waals surface area contributed by atoms with Crippen molar-refractivity contribution < 1.29 is 9.21 Å². The molecule has 0 N–H and O–H groups in total. The van der Waals surface area contributed by atoms with Gasteiger partial charge >= 0.3 is 0 Å². The topological polar surface area (TPSA) is 59.2 Å². The molecule has 4 aromatic rings. The van der Waals surface area contributed by atoms with Gasteiger partial charge in [0.25, 0.3) is 0 Å². The molecule has 0 aliphatic carbocycles. The quantitative estimate of drug-likeness (QED) is 0.385. The molecule has 2 aromatic heterocycles. The van der Waals surface area contributed by atoms with Gasteiger partial charge in [0.05, 0.1) is 11.0 Å². The van der Waals surface area contributed by atoms with Gasteiger partial charge in [-0.05, 0) is 44.2 Å². The summed E-state index contributed by atoms with van der Waals surface area (Å²) in [5, 5.41) is 1.31. The molecule has 5 nitrogen and oxygen atoms in total. The van der Waals surface area contributed by atoms with Crippen LogP contribution in [0.2, 0.25) is 0 Å². The summed E-state index contributed by atoms with van der Waals surface area (Å²) in [5.41, 5.74) is 3.60. The molecule has 0 radical (unpaired) electrons. The van der Waals surface area contributed by atoms with Crippen LogP contribution in [-0.2, 0) is 0 Å². The van der Waals surface area contributed by atoms with Crippen LogP contribution in [0.4, 0.5) is 5.82 Å². The van der Waals surface area contributed by atoms with Gasteiger partial charge in [-0.1, -0.05) is 43.8 Å². The number of thioether (sulfide) groups is 1. The smallest absolute Gasteiger partial charge is 0.219 e. The van der Waals surface area contributed by atoms with Crippen molar-refractivity contribution in [3.63, 3.8) is 0 Å². The van der Waals surface area contributed by atoms with Crippen LogP contribution in [0.25, 0.3) is 33.5 Å². The van der Waals surface area contributed by atoms with E-state index in [4.69, 9.17) is 14.4 Å². The maximum Gasteiger partial charge on any atom is 0.219 e. The van der Waals surface area contributed by atoms with Gasteiger partial charge in [-0.3, -0.25) is 4.79 Å². The van der Waals surface area contributed by atoms with E-state index in [1.165, 1.54) is 11.8 Å². The number of benzene rings is 2. The number of hydrogen-bond acceptors (Lipinski definition) is 6. The fraction of sp³-hybridized carbons (Fsp3) is 0.292. The Morgan fingerprint density at radius 1 is 1.00 bits per heavy atom. The second-order valence-electron chi connectivity index (χ2n) is 7.91. The Bertz CT molecular complexity index is 1200. The number of rotatable bonds is 5. The van der Waals surface area contributed by atoms with Gasteiger partial charge in [0.15, 0.2) is 11.6 Å². The van der Waals surface area contributed by atoms with Crippen LogP contribution in [-0.4, -0.2) is 33.4 Å². The highest BCUT2D eigenvalue weighted by molar-refractivity contribution is 8.14. The molecule has 0 amide bonds. The van der Waals surface area contributed by atoms with Gasteiger partial charge in [-0.2, -0.15) is 0 Å². The van der Waals surface area contributed by atoms with Crippen LogP contribution in [0.15, 0.2) is 52.9 Å². The van der Waals surface area contributed by atoms with Crippen LogP contribution in [0, 0.1) is 0 Å². The van der Waals surface area contributed by atoms with Gasteiger partial charge < -0.3 is 9.32 Å². The maximum atomic E-state index is 12.5. The van der Waals surface area contributed by atoms with Crippen molar-refractivity contribution in [3.8, 4) is 11.5 Å². The first kappa shape index (κ1) is 20.4. The first-order valence-corrected chi connectivity index (χ1v) is 11.0. The number of anilines is 1. The van der Waals surface area contributed by atoms with Crippen molar-refractivity contribution in [2.45, 2.75) is 39.0 Å². The molecular formula is C24H25N3O2S. The second-order valence-corrected chi connectivity index (χ2v) is 9.46. The van der Waals surface area contributed by atoms with Crippen molar-refractivity contribution >= 4 is 44.7 Å². The lowest BCUT2D eigenvalue weighted by Crippen LogP contribution is -2.27. The van der Waals surface area contributed by atoms with Gasteiger partial charge in [-0.25, -0.2) is 9.97 Å². The molecule has 4 rings (SSSR count). The van der Waals surface area contributed by atoms with Crippen molar-refractivity contribution in [2.75, 3.05) is 11.9 Å². The van der Waals surface area contributed by atoms with Crippen LogP contribution >= 0.6 is 11.8 Å². The third-order valence-corrected chi connectivity index (χ3v) is 5.91. The zero-order valence-corrected chi connectivity index (χ0v) is 18.7. The van der Waals surface area contributed by atoms with Gasteiger partial charge in [-0.15, -0.1) is 0 Å². The minimum Gasteiger partial charge on any atom is -0.454 e. The molecule has 154 valence electrons. The number of carbonyl (C=O) groups is 1. The number of fused-ring (bicyclic) bond motifs is 2. The molecule has 0 fully saturated rings. The average molecular weight is 420 g/mol. The Balaban J connectivity index is 1.88. The molecule has 0 saturated carbocycles. The Morgan fingerprint density at radius 3 is 2.47 bits per heavy atom. The number of furan rings is 1. The predicted molar refractivity (Wildman–Crippen MR) is 125 cm³/mol. The van der Waals surface area contributed by atoms with E-state index in [9.17, 15) is 4.79 Å². The van der Waals surface area contributed by atoms with E-state index in [-0.39, 0.29) is 16.4 Å². The van der Waals surface area contributed by atoms with E-state index in [1.54, 1.807) is 0 Å². The highest BCUT2D eigenvalue weighted by Crippen LogP contribution is 2.34. The molecule has 6 heteroatoms. The standard InChI is InChI=1S/C24H25N3O2S/c1-14(2)27(5)23-22(21-13-16-8-6-7-9-20(16)29-21)25-18-11-10-17(12-19(18)26-23)24(28)30-15(3)4/h6-15H,1-5H3. The summed E-state index contributed by atoms with van der Waals surface area (Å²) in [4.78, 5) is 24.4. The van der Waals surface area contributed by atoms with Crippen LogP contribution in [0.1, 0.15) is 38.1 Å². The van der Waals surface area contributed by atoms with Crippen molar-refractivity contribution in [3.05, 3.63) is 54.1 Å². The molecule has 30 heavy (non-hydrogen) atoms. The molecule has 2 aromatic carbocycles. The van der Waals surface area contributed by atoms with Crippen molar-refractivity contribution in [1.82, 2.24) is 9.97 Å². The summed E-state index contributed by atoms with van der Waals surface area (Å²) >= 11 is 1.32. The Kier molecular flexibility index (Phi) is 5.52. The van der Waals surface area contributed by atoms with Crippen molar-refractivity contribution in [2.24, 2.45) is 0 Å². The summed E-state index contributed by atoms with van der Waals surface area (Å²) < 4.78 is 6.09. The summed E-state index contributed by atoms with van der Waals surface area (Å²) in [7, 11) is 2.00. The third kappa shape index (κ3) is 3.92. The Morgan fingerprint density at radius 2 is 1.77 bits per heavy atom. The number of carbonyl (C=O) groups excluding carboxylic acids is 1. The zero-order chi connectivity index (χ0) is 21.4. The van der Waals surface area contributed by atoms with Crippen LogP contribution in [0.5, 0.6) is 0 Å². The minimum absolute atomic E-state index is 0.0498. The summed E-state index contributed by atoms with van der Waals surface area (Å²) in [6, 6.07) is 15.7. The maximum absolute atomic E-state index is 12.5. The SMILES string of the molecule is CC(C)SC(=O)c1ccc2nc(-c3cc4ccccc4o3)c(N(C)C(C)C)nc2c1. The van der Waals surface area contributed by atoms with E-state index < -0.39 is 0 Å². The fourth-order valence-corrected chi connectivity index (χ4v) is 3.90. The lowest BCUT2D eigenvalue weighted by Gasteiger charge is -2.24. The number of hydrogen-bond donors (Lipinski definition) is 0. The molecule has 0 saturated heterocycles. The highest BCUT2D eigenvalue weighted by atomic mass is 32.2. The second kappa shape index (κ2) is 8.11. The molecular weight excluding hydrogens is 394 g/mol. The van der Waals surface area contributed by atoms with Crippen molar-refractivity contribution in [1.29, 1.82) is 0 Å². The lowest BCUT2D eigenvalue weighted by molar-refractivity contribution is 0.108. The van der Waals surface area contributed by atoms with E-state index >= 15 is 0 Å². The molecule has 0 bridgehead atoms. The Labute approximate surface area is 180 Å². The first-order valence-electron chi connectivity index (χ1n) is 10.1. The third-order valence-electron chi connectivity index (χ3n) is 4.99. The normalized spacial score (nSPS) is 11.7. The summed E-state index contributed by atoms with van der Waals surface area (Å²) in [5.74, 6) is 1.42. The van der Waals surface area contributed by atoms with E-state index in [0.29, 0.717) is 22.5 Å². The average Bonchev–Trinajstić information content (AvgIpc) is 3.15. The largest absolute Gasteiger partial charge is 0.454 e. The van der Waals surface area contributed by atoms with E-state index in [0.717, 1.165) is 22.3 Å². The Hall–Kier alpha value is -2.86. The number of nitrogens with zero attached hydrogens (tertiary/aromatic N) is 3. The zero-order valence-electron chi connectivity index (χ0n) is 17.8. The molecule has 0 atom stereocenters. The molecule has 2 heterocycles. The predicted octanol–water partition coefficient (Wildman–Crippen LogP) is 6.17. The molecule has 0 aliphatic heterocycles.